The lowest BCUT2D eigenvalue weighted by Gasteiger charge is -2.42. The fourth-order valence-electron chi connectivity index (χ4n) is 3.54. The van der Waals surface area contributed by atoms with Crippen LogP contribution in [0.4, 0.5) is 0 Å². The number of nitrogens with zero attached hydrogens (tertiary/aromatic N) is 1. The molecule has 2 fully saturated rings. The van der Waals surface area contributed by atoms with Crippen molar-refractivity contribution in [2.24, 2.45) is 0 Å². The molecule has 2 N–H and O–H groups in total. The lowest BCUT2D eigenvalue weighted by atomic mass is 9.92. The van der Waals surface area contributed by atoms with Gasteiger partial charge in [0.05, 0.1) is 0 Å². The third-order valence-corrected chi connectivity index (χ3v) is 4.40. The van der Waals surface area contributed by atoms with Crippen molar-refractivity contribution < 1.29 is 9.90 Å². The van der Waals surface area contributed by atoms with E-state index in [4.69, 9.17) is 0 Å². The van der Waals surface area contributed by atoms with Crippen LogP contribution in [0.25, 0.3) is 0 Å². The van der Waals surface area contributed by atoms with E-state index in [-0.39, 0.29) is 6.04 Å². The maximum absolute atomic E-state index is 11.5. The van der Waals surface area contributed by atoms with Gasteiger partial charge in [-0.3, -0.25) is 9.69 Å². The van der Waals surface area contributed by atoms with Gasteiger partial charge in [0.15, 0.2) is 0 Å². The number of hydrogen-bond acceptors (Lipinski definition) is 3. The Morgan fingerprint density at radius 2 is 2.22 bits per heavy atom. The number of rotatable bonds is 5. The average Bonchev–Trinajstić information content (AvgIpc) is 2.89. The van der Waals surface area contributed by atoms with Crippen molar-refractivity contribution >= 4 is 5.97 Å². The molecular formula is C14H26N2O2. The number of carboxylic acids is 1. The van der Waals surface area contributed by atoms with Gasteiger partial charge in [0.25, 0.3) is 0 Å². The van der Waals surface area contributed by atoms with Crippen LogP contribution < -0.4 is 5.32 Å². The largest absolute Gasteiger partial charge is 0.480 e. The number of piperidine rings is 1. The van der Waals surface area contributed by atoms with E-state index >= 15 is 0 Å². The summed E-state index contributed by atoms with van der Waals surface area (Å²) in [7, 11) is 0. The average molecular weight is 254 g/mol. The second kappa shape index (κ2) is 6.53. The van der Waals surface area contributed by atoms with Gasteiger partial charge in [-0.15, -0.1) is 0 Å². The Balaban J connectivity index is 2.07. The Morgan fingerprint density at radius 1 is 1.39 bits per heavy atom. The van der Waals surface area contributed by atoms with Crippen LogP contribution in [0.15, 0.2) is 0 Å². The first-order valence-corrected chi connectivity index (χ1v) is 7.46. The van der Waals surface area contributed by atoms with Crippen molar-refractivity contribution in [2.45, 2.75) is 70.0 Å². The zero-order valence-electron chi connectivity index (χ0n) is 11.4. The molecule has 0 radical (unpaired) electrons. The summed E-state index contributed by atoms with van der Waals surface area (Å²) in [5.41, 5.74) is 0. The van der Waals surface area contributed by atoms with Gasteiger partial charge in [-0.2, -0.15) is 0 Å². The minimum Gasteiger partial charge on any atom is -0.480 e. The summed E-state index contributed by atoms with van der Waals surface area (Å²) in [6.07, 6.45) is 7.72. The summed E-state index contributed by atoms with van der Waals surface area (Å²) in [5, 5.41) is 13.0. The second-order valence-corrected chi connectivity index (χ2v) is 5.65. The van der Waals surface area contributed by atoms with E-state index in [1.54, 1.807) is 0 Å². The molecule has 0 saturated carbocycles. The molecule has 2 rings (SSSR count). The van der Waals surface area contributed by atoms with E-state index in [0.717, 1.165) is 38.8 Å². The van der Waals surface area contributed by atoms with Gasteiger partial charge in [0.1, 0.15) is 6.04 Å². The molecule has 2 aliphatic heterocycles. The van der Waals surface area contributed by atoms with E-state index in [1.807, 2.05) is 0 Å². The maximum atomic E-state index is 11.5. The third-order valence-electron chi connectivity index (χ3n) is 4.40. The van der Waals surface area contributed by atoms with Crippen LogP contribution >= 0.6 is 0 Å². The van der Waals surface area contributed by atoms with E-state index in [1.165, 1.54) is 19.3 Å². The molecular weight excluding hydrogens is 228 g/mol. The summed E-state index contributed by atoms with van der Waals surface area (Å²) < 4.78 is 0. The number of carbonyl (C=O) groups is 1. The molecule has 4 heteroatoms. The van der Waals surface area contributed by atoms with Gasteiger partial charge in [-0.1, -0.05) is 19.8 Å². The zero-order valence-corrected chi connectivity index (χ0v) is 11.4. The Bertz CT molecular complexity index is 277. The molecule has 4 nitrogen and oxygen atoms in total. The van der Waals surface area contributed by atoms with Crippen LogP contribution in [0.2, 0.25) is 0 Å². The Labute approximate surface area is 110 Å². The van der Waals surface area contributed by atoms with Gasteiger partial charge in [-0.25, -0.2) is 0 Å². The first-order chi connectivity index (χ1) is 8.74. The first-order valence-electron chi connectivity index (χ1n) is 7.46. The Kier molecular flexibility index (Phi) is 5.01. The van der Waals surface area contributed by atoms with Crippen molar-refractivity contribution in [2.75, 3.05) is 13.1 Å². The van der Waals surface area contributed by atoms with Crippen LogP contribution in [0, 0.1) is 0 Å². The number of nitrogens with one attached hydrogen (secondary N) is 1. The Morgan fingerprint density at radius 3 is 2.83 bits per heavy atom. The molecule has 0 aliphatic carbocycles. The summed E-state index contributed by atoms with van der Waals surface area (Å²) in [4.78, 5) is 13.8. The van der Waals surface area contributed by atoms with Crippen LogP contribution in [0.5, 0.6) is 0 Å². The van der Waals surface area contributed by atoms with Gasteiger partial charge in [-0.05, 0) is 45.2 Å². The van der Waals surface area contributed by atoms with Crippen LogP contribution in [0.3, 0.4) is 0 Å². The molecule has 0 aromatic heterocycles. The molecule has 18 heavy (non-hydrogen) atoms. The Hall–Kier alpha value is -0.610. The maximum Gasteiger partial charge on any atom is 0.320 e. The summed E-state index contributed by atoms with van der Waals surface area (Å²) in [6, 6.07) is 0.681. The topological polar surface area (TPSA) is 52.6 Å². The molecule has 3 unspecified atom stereocenters. The van der Waals surface area contributed by atoms with Gasteiger partial charge < -0.3 is 10.4 Å². The quantitative estimate of drug-likeness (QED) is 0.786. The molecule has 0 aromatic carbocycles. The molecule has 0 aromatic rings. The second-order valence-electron chi connectivity index (χ2n) is 5.65. The number of aliphatic carboxylic acids is 1. The highest BCUT2D eigenvalue weighted by atomic mass is 16.4. The van der Waals surface area contributed by atoms with Crippen molar-refractivity contribution in [3.63, 3.8) is 0 Å². The summed E-state index contributed by atoms with van der Waals surface area (Å²) in [5.74, 6) is -0.637. The van der Waals surface area contributed by atoms with E-state index in [2.05, 4.69) is 17.1 Å². The molecule has 3 atom stereocenters. The lowest BCUT2D eigenvalue weighted by Crippen LogP contribution is -2.56. The molecule has 0 bridgehead atoms. The van der Waals surface area contributed by atoms with E-state index in [9.17, 15) is 9.90 Å². The van der Waals surface area contributed by atoms with E-state index < -0.39 is 5.97 Å². The minimum atomic E-state index is -0.637. The number of hydrogen-bond donors (Lipinski definition) is 2. The fourth-order valence-corrected chi connectivity index (χ4v) is 3.54. The lowest BCUT2D eigenvalue weighted by molar-refractivity contribution is -0.145. The van der Waals surface area contributed by atoms with Gasteiger partial charge in [0.2, 0.25) is 0 Å². The highest BCUT2D eigenvalue weighted by Crippen LogP contribution is 2.27. The molecule has 2 saturated heterocycles. The van der Waals surface area contributed by atoms with Crippen molar-refractivity contribution in [1.29, 1.82) is 0 Å². The van der Waals surface area contributed by atoms with Gasteiger partial charge >= 0.3 is 5.97 Å². The summed E-state index contributed by atoms with van der Waals surface area (Å²) >= 11 is 0. The fraction of sp³-hybridized carbons (Fsp3) is 0.929. The smallest absolute Gasteiger partial charge is 0.320 e. The van der Waals surface area contributed by atoms with Crippen LogP contribution in [-0.4, -0.2) is 47.2 Å². The minimum absolute atomic E-state index is 0.275. The molecule has 0 amide bonds. The molecule has 2 heterocycles. The predicted molar refractivity (Wildman–Crippen MR) is 71.7 cm³/mol. The normalized spacial score (nSPS) is 31.4. The first kappa shape index (κ1) is 13.8. The standard InChI is InChI=1S/C14H26N2O2/c1-2-6-13(14(17)18)16-10-4-3-8-12(16)11-7-5-9-15-11/h11-13,15H,2-10H2,1H3,(H,17,18). The number of carboxylic acid groups (broad SMARTS) is 1. The summed E-state index contributed by atoms with van der Waals surface area (Å²) in [6.45, 7) is 4.13. The highest BCUT2D eigenvalue weighted by molar-refractivity contribution is 5.73. The van der Waals surface area contributed by atoms with Crippen LogP contribution in [-0.2, 0) is 4.79 Å². The molecule has 0 spiro atoms. The molecule has 104 valence electrons. The van der Waals surface area contributed by atoms with Crippen molar-refractivity contribution in [1.82, 2.24) is 10.2 Å². The van der Waals surface area contributed by atoms with E-state index in [0.29, 0.717) is 12.1 Å². The third kappa shape index (κ3) is 3.04. The van der Waals surface area contributed by atoms with Crippen LogP contribution in [0.1, 0.15) is 51.9 Å². The van der Waals surface area contributed by atoms with Crippen molar-refractivity contribution in [3.05, 3.63) is 0 Å². The SMILES string of the molecule is CCCC(C(=O)O)N1CCCCC1C1CCCN1. The number of likely N-dealkylation sites (tertiary alicyclic amines) is 1. The van der Waals surface area contributed by atoms with Crippen molar-refractivity contribution in [3.8, 4) is 0 Å². The monoisotopic (exact) mass is 254 g/mol. The molecule has 2 aliphatic rings. The predicted octanol–water partition coefficient (Wildman–Crippen LogP) is 1.85. The zero-order chi connectivity index (χ0) is 13.0. The highest BCUT2D eigenvalue weighted by Gasteiger charge is 2.37. The van der Waals surface area contributed by atoms with Gasteiger partial charge in [0, 0.05) is 12.1 Å².